The summed E-state index contributed by atoms with van der Waals surface area (Å²) >= 11 is 0. The first-order chi connectivity index (χ1) is 16.0. The lowest BCUT2D eigenvalue weighted by Gasteiger charge is -2.71. The van der Waals surface area contributed by atoms with E-state index in [0.29, 0.717) is 24.2 Å². The summed E-state index contributed by atoms with van der Waals surface area (Å²) in [7, 11) is 0. The fourth-order valence-corrected chi connectivity index (χ4v) is 10.6. The maximum absolute atomic E-state index is 10.9. The van der Waals surface area contributed by atoms with Crippen molar-refractivity contribution in [1.29, 1.82) is 0 Å². The van der Waals surface area contributed by atoms with Crippen LogP contribution in [-0.2, 0) is 0 Å². The molecule has 4 aliphatic rings. The van der Waals surface area contributed by atoms with Crippen LogP contribution in [0.1, 0.15) is 113 Å². The molecule has 4 fully saturated rings. The second kappa shape index (κ2) is 8.55. The average Bonchev–Trinajstić information content (AvgIpc) is 3.03. The molecule has 0 saturated heterocycles. The molecule has 202 valence electrons. The number of hydrogen-bond donors (Lipinski definition) is 4. The highest BCUT2D eigenvalue weighted by Gasteiger charge is 2.71. The molecular weight excluding hydrogens is 436 g/mol. The van der Waals surface area contributed by atoms with Crippen LogP contribution >= 0.6 is 0 Å². The van der Waals surface area contributed by atoms with Crippen LogP contribution in [0.15, 0.2) is 11.6 Å². The zero-order valence-corrected chi connectivity index (χ0v) is 23.8. The molecule has 4 heteroatoms. The monoisotopic (exact) mass is 490 g/mol. The molecule has 4 saturated carbocycles. The van der Waals surface area contributed by atoms with Crippen molar-refractivity contribution in [2.24, 2.45) is 44.8 Å². The first kappa shape index (κ1) is 27.6. The van der Waals surface area contributed by atoms with Gasteiger partial charge in [-0.2, -0.15) is 0 Å². The van der Waals surface area contributed by atoms with Crippen LogP contribution in [0.3, 0.4) is 0 Å². The van der Waals surface area contributed by atoms with Crippen molar-refractivity contribution < 1.29 is 20.4 Å². The SMILES string of the molecule is CC(C)(O)C(O)C/C=C(\CO)C1CC[C@]2(C)[C@]1(C)CCC1[C@@]3(C)CC[C@H](O)C(C)(C)C3CC[C@]12C. The van der Waals surface area contributed by atoms with Crippen molar-refractivity contribution in [3.05, 3.63) is 11.6 Å². The fourth-order valence-electron chi connectivity index (χ4n) is 10.6. The smallest absolute Gasteiger partial charge is 0.0856 e. The molecule has 0 aromatic rings. The zero-order chi connectivity index (χ0) is 26.2. The minimum atomic E-state index is -1.15. The molecule has 0 bridgehead atoms. The van der Waals surface area contributed by atoms with Crippen molar-refractivity contribution in [3.63, 3.8) is 0 Å². The first-order valence-corrected chi connectivity index (χ1v) is 14.4. The largest absolute Gasteiger partial charge is 0.393 e. The summed E-state index contributed by atoms with van der Waals surface area (Å²) in [5.41, 5.74) is 0.693. The lowest BCUT2D eigenvalue weighted by atomic mass is 9.33. The Kier molecular flexibility index (Phi) is 6.74. The minimum Gasteiger partial charge on any atom is -0.393 e. The number of rotatable bonds is 5. The highest BCUT2D eigenvalue weighted by molar-refractivity contribution is 5.25. The summed E-state index contributed by atoms with van der Waals surface area (Å²) in [5.74, 6) is 1.55. The van der Waals surface area contributed by atoms with Crippen molar-refractivity contribution >= 4 is 0 Å². The molecule has 4 unspecified atom stereocenters. The zero-order valence-electron chi connectivity index (χ0n) is 23.8. The van der Waals surface area contributed by atoms with E-state index >= 15 is 0 Å². The van der Waals surface area contributed by atoms with Crippen LogP contribution in [0, 0.1) is 44.8 Å². The third-order valence-corrected chi connectivity index (χ3v) is 13.3. The van der Waals surface area contributed by atoms with E-state index in [-0.39, 0.29) is 39.8 Å². The Morgan fingerprint density at radius 1 is 0.886 bits per heavy atom. The average molecular weight is 491 g/mol. The second-order valence-electron chi connectivity index (χ2n) is 15.2. The van der Waals surface area contributed by atoms with Crippen molar-refractivity contribution in [2.75, 3.05) is 6.61 Å². The molecule has 35 heavy (non-hydrogen) atoms. The molecule has 0 radical (unpaired) electrons. The van der Waals surface area contributed by atoms with Gasteiger partial charge in [0, 0.05) is 0 Å². The predicted molar refractivity (Wildman–Crippen MR) is 142 cm³/mol. The molecule has 0 spiro atoms. The van der Waals surface area contributed by atoms with Crippen LogP contribution < -0.4 is 0 Å². The van der Waals surface area contributed by atoms with Gasteiger partial charge in [0.05, 0.1) is 24.4 Å². The van der Waals surface area contributed by atoms with E-state index in [2.05, 4.69) is 41.5 Å². The molecule has 4 aliphatic carbocycles. The van der Waals surface area contributed by atoms with Crippen LogP contribution in [0.25, 0.3) is 0 Å². The molecule has 4 rings (SSSR count). The van der Waals surface area contributed by atoms with Gasteiger partial charge in [-0.25, -0.2) is 0 Å². The van der Waals surface area contributed by atoms with Gasteiger partial charge in [-0.3, -0.25) is 0 Å². The topological polar surface area (TPSA) is 80.9 Å². The van der Waals surface area contributed by atoms with Crippen molar-refractivity contribution in [1.82, 2.24) is 0 Å². The van der Waals surface area contributed by atoms with E-state index in [1.165, 1.54) is 32.1 Å². The van der Waals surface area contributed by atoms with E-state index in [1.807, 2.05) is 6.08 Å². The number of aliphatic hydroxyl groups is 4. The van der Waals surface area contributed by atoms with Crippen molar-refractivity contribution in [2.45, 2.75) is 131 Å². The van der Waals surface area contributed by atoms with Crippen LogP contribution in [-0.4, -0.2) is 44.8 Å². The van der Waals surface area contributed by atoms with E-state index in [4.69, 9.17) is 0 Å². The summed E-state index contributed by atoms with van der Waals surface area (Å²) in [4.78, 5) is 0. The second-order valence-corrected chi connectivity index (χ2v) is 15.2. The third-order valence-electron chi connectivity index (χ3n) is 13.3. The highest BCUT2D eigenvalue weighted by Crippen LogP contribution is 2.79. The quantitative estimate of drug-likeness (QED) is 0.364. The van der Waals surface area contributed by atoms with E-state index in [0.717, 1.165) is 24.8 Å². The van der Waals surface area contributed by atoms with Gasteiger partial charge in [0.2, 0.25) is 0 Å². The maximum atomic E-state index is 10.9. The fraction of sp³-hybridized carbons (Fsp3) is 0.935. The molecule has 0 aliphatic heterocycles. The number of aliphatic hydroxyl groups excluding tert-OH is 3. The third kappa shape index (κ3) is 3.74. The molecule has 0 aromatic carbocycles. The normalized spacial score (nSPS) is 48.6. The minimum absolute atomic E-state index is 0.0255. The summed E-state index contributed by atoms with van der Waals surface area (Å²) in [6.07, 6.45) is 10.5. The van der Waals surface area contributed by atoms with E-state index < -0.39 is 11.7 Å². The van der Waals surface area contributed by atoms with Gasteiger partial charge in [0.1, 0.15) is 0 Å². The molecule has 9 atom stereocenters. The van der Waals surface area contributed by atoms with E-state index in [1.54, 1.807) is 13.8 Å². The van der Waals surface area contributed by atoms with Crippen LogP contribution in [0.5, 0.6) is 0 Å². The Hall–Kier alpha value is -0.420. The van der Waals surface area contributed by atoms with Crippen LogP contribution in [0.2, 0.25) is 0 Å². The lowest BCUT2D eigenvalue weighted by Crippen LogP contribution is -2.65. The van der Waals surface area contributed by atoms with Gasteiger partial charge >= 0.3 is 0 Å². The van der Waals surface area contributed by atoms with Gasteiger partial charge in [-0.1, -0.05) is 47.6 Å². The number of fused-ring (bicyclic) bond motifs is 5. The summed E-state index contributed by atoms with van der Waals surface area (Å²) in [5, 5.41) is 41.9. The Morgan fingerprint density at radius 2 is 1.49 bits per heavy atom. The molecule has 0 heterocycles. The van der Waals surface area contributed by atoms with Gasteiger partial charge in [-0.05, 0) is 122 Å². The Balaban J connectivity index is 1.66. The standard InChI is InChI=1S/C31H54O4/c1-26(2)22-12-17-30(7)23(28(22,5)15-14-24(26)33)13-16-29(6)21(11-18-31(29,30)8)20(19-32)9-10-25(34)27(3,4)35/h9,21-25,32-35H,10-19H2,1-8H3/b20-9+/t21?,22?,23?,24-,25?,28-,29+,30+,31+/m0/s1. The van der Waals surface area contributed by atoms with Gasteiger partial charge < -0.3 is 20.4 Å². The summed E-state index contributed by atoms with van der Waals surface area (Å²) in [6.45, 7) is 18.1. The Labute approximate surface area is 214 Å². The molecule has 4 N–H and O–H groups in total. The van der Waals surface area contributed by atoms with Crippen molar-refractivity contribution in [3.8, 4) is 0 Å². The molecule has 0 aromatic heterocycles. The molecule has 4 nitrogen and oxygen atoms in total. The van der Waals surface area contributed by atoms with Gasteiger partial charge in [0.15, 0.2) is 0 Å². The maximum Gasteiger partial charge on any atom is 0.0856 e. The Morgan fingerprint density at radius 3 is 2.09 bits per heavy atom. The van der Waals surface area contributed by atoms with Crippen LogP contribution in [0.4, 0.5) is 0 Å². The van der Waals surface area contributed by atoms with Gasteiger partial charge in [0.25, 0.3) is 0 Å². The molecular formula is C31H54O4. The van der Waals surface area contributed by atoms with E-state index in [9.17, 15) is 20.4 Å². The summed E-state index contributed by atoms with van der Waals surface area (Å²) < 4.78 is 0. The predicted octanol–water partition coefficient (Wildman–Crippen LogP) is 5.86. The lowest BCUT2D eigenvalue weighted by molar-refractivity contribution is -0.238. The highest BCUT2D eigenvalue weighted by atomic mass is 16.3. The first-order valence-electron chi connectivity index (χ1n) is 14.4. The molecule has 0 amide bonds. The number of hydrogen-bond acceptors (Lipinski definition) is 4. The van der Waals surface area contributed by atoms with Gasteiger partial charge in [-0.15, -0.1) is 0 Å². The summed E-state index contributed by atoms with van der Waals surface area (Å²) in [6, 6.07) is 0. The Bertz CT molecular complexity index is 841.